The Kier molecular flexibility index (Phi) is 9.45. The van der Waals surface area contributed by atoms with Gasteiger partial charge in [0, 0.05) is 28.6 Å². The summed E-state index contributed by atoms with van der Waals surface area (Å²) in [4.78, 5) is 54.0. The van der Waals surface area contributed by atoms with Gasteiger partial charge in [0.1, 0.15) is 11.5 Å². The largest absolute Gasteiger partial charge is 0.465 e. The molecule has 232 valence electrons. The average Bonchev–Trinajstić information content (AvgIpc) is 3.72. The molecule has 1 unspecified atom stereocenters. The standard InChI is InChI=1S/C36H27N5O5S/c42-33-23-32(36(45)41(33)28-17-13-27(14-18-28)40-39-26-10-5-2-6-11-26)47-30-19-15-25(16-20-30)37-35(44)31(22-29-12-7-21-46-29)38-34(43)24-8-3-1-4-9-24/h1-22,32H,23H2,(H,37,44)(H,38,43). The molecule has 11 heteroatoms. The molecule has 4 amide bonds. The number of benzene rings is 4. The van der Waals surface area contributed by atoms with Crippen LogP contribution in [0.4, 0.5) is 22.7 Å². The number of azo groups is 1. The molecule has 2 heterocycles. The number of thioether (sulfide) groups is 1. The molecule has 1 saturated heterocycles. The molecule has 5 aromatic rings. The van der Waals surface area contributed by atoms with Gasteiger partial charge in [-0.3, -0.25) is 19.2 Å². The fourth-order valence-corrected chi connectivity index (χ4v) is 5.74. The first-order chi connectivity index (χ1) is 22.9. The van der Waals surface area contributed by atoms with Crippen LogP contribution >= 0.6 is 11.8 Å². The highest BCUT2D eigenvalue weighted by Crippen LogP contribution is 2.35. The van der Waals surface area contributed by atoms with Crippen molar-refractivity contribution in [2.45, 2.75) is 16.6 Å². The molecule has 1 aliphatic heterocycles. The molecule has 0 bridgehead atoms. The van der Waals surface area contributed by atoms with Crippen LogP contribution in [-0.4, -0.2) is 28.9 Å². The van der Waals surface area contributed by atoms with Crippen molar-refractivity contribution in [1.29, 1.82) is 0 Å². The molecule has 0 saturated carbocycles. The Hall–Kier alpha value is -6.07. The van der Waals surface area contributed by atoms with E-state index >= 15 is 0 Å². The van der Waals surface area contributed by atoms with E-state index in [1.54, 1.807) is 91.0 Å². The van der Waals surface area contributed by atoms with Crippen molar-refractivity contribution in [3.8, 4) is 0 Å². The minimum Gasteiger partial charge on any atom is -0.465 e. The number of nitrogens with one attached hydrogen (secondary N) is 2. The first kappa shape index (κ1) is 30.9. The molecule has 0 spiro atoms. The average molecular weight is 642 g/mol. The van der Waals surface area contributed by atoms with E-state index in [0.29, 0.717) is 28.4 Å². The van der Waals surface area contributed by atoms with Crippen LogP contribution in [0.2, 0.25) is 0 Å². The van der Waals surface area contributed by atoms with Crippen molar-refractivity contribution >= 4 is 64.2 Å². The van der Waals surface area contributed by atoms with Crippen LogP contribution in [0.15, 0.2) is 153 Å². The number of rotatable bonds is 10. The Labute approximate surface area is 274 Å². The molecule has 1 atom stereocenters. The summed E-state index contributed by atoms with van der Waals surface area (Å²) in [6, 6.07) is 34.9. The van der Waals surface area contributed by atoms with Crippen LogP contribution in [0.3, 0.4) is 0 Å². The third-order valence-electron chi connectivity index (χ3n) is 7.00. The zero-order chi connectivity index (χ0) is 32.6. The maximum absolute atomic E-state index is 13.3. The highest BCUT2D eigenvalue weighted by atomic mass is 32.2. The normalized spacial score (nSPS) is 14.9. The second-order valence-corrected chi connectivity index (χ2v) is 11.6. The van der Waals surface area contributed by atoms with Gasteiger partial charge in [-0.25, -0.2) is 4.90 Å². The Bertz CT molecular complexity index is 1940. The third-order valence-corrected chi connectivity index (χ3v) is 8.20. The molecular weight excluding hydrogens is 614 g/mol. The number of hydrogen-bond acceptors (Lipinski definition) is 8. The summed E-state index contributed by atoms with van der Waals surface area (Å²) in [5.41, 5.74) is 2.64. The van der Waals surface area contributed by atoms with Crippen molar-refractivity contribution in [3.05, 3.63) is 145 Å². The number of nitrogens with zero attached hydrogens (tertiary/aromatic N) is 3. The predicted molar refractivity (Wildman–Crippen MR) is 179 cm³/mol. The number of hydrogen-bond donors (Lipinski definition) is 2. The van der Waals surface area contributed by atoms with E-state index in [2.05, 4.69) is 20.9 Å². The minimum absolute atomic E-state index is 0.00490. The van der Waals surface area contributed by atoms with Crippen molar-refractivity contribution in [3.63, 3.8) is 0 Å². The molecule has 1 fully saturated rings. The molecular formula is C36H27N5O5S. The molecule has 0 radical (unpaired) electrons. The number of furan rings is 1. The second kappa shape index (κ2) is 14.4. The van der Waals surface area contributed by atoms with Crippen LogP contribution in [-0.2, 0) is 14.4 Å². The molecule has 1 aliphatic rings. The first-order valence-electron chi connectivity index (χ1n) is 14.6. The van der Waals surface area contributed by atoms with Gasteiger partial charge in [0.05, 0.1) is 28.6 Å². The Morgan fingerprint density at radius 2 is 1.45 bits per heavy atom. The maximum Gasteiger partial charge on any atom is 0.272 e. The van der Waals surface area contributed by atoms with Crippen LogP contribution in [0.5, 0.6) is 0 Å². The van der Waals surface area contributed by atoms with Gasteiger partial charge in [0.25, 0.3) is 11.8 Å². The Morgan fingerprint density at radius 1 is 0.787 bits per heavy atom. The Morgan fingerprint density at radius 3 is 2.11 bits per heavy atom. The van der Waals surface area contributed by atoms with E-state index in [4.69, 9.17) is 4.42 Å². The molecule has 6 rings (SSSR count). The summed E-state index contributed by atoms with van der Waals surface area (Å²) >= 11 is 1.27. The zero-order valence-electron chi connectivity index (χ0n) is 24.8. The van der Waals surface area contributed by atoms with Gasteiger partial charge < -0.3 is 15.1 Å². The lowest BCUT2D eigenvalue weighted by Gasteiger charge is -2.15. The van der Waals surface area contributed by atoms with Crippen LogP contribution in [0.25, 0.3) is 6.08 Å². The molecule has 4 aromatic carbocycles. The summed E-state index contributed by atoms with van der Waals surface area (Å²) in [5, 5.41) is 13.2. The van der Waals surface area contributed by atoms with Gasteiger partial charge in [-0.2, -0.15) is 10.2 Å². The lowest BCUT2D eigenvalue weighted by molar-refractivity contribution is -0.121. The van der Waals surface area contributed by atoms with E-state index in [0.717, 1.165) is 10.6 Å². The van der Waals surface area contributed by atoms with Crippen LogP contribution < -0.4 is 15.5 Å². The number of carbonyl (C=O) groups excluding carboxylic acids is 4. The van der Waals surface area contributed by atoms with Crippen LogP contribution in [0, 0.1) is 0 Å². The predicted octanol–water partition coefficient (Wildman–Crippen LogP) is 7.53. The number of anilines is 2. The number of imide groups is 1. The van der Waals surface area contributed by atoms with E-state index in [1.807, 2.05) is 30.3 Å². The molecule has 10 nitrogen and oxygen atoms in total. The summed E-state index contributed by atoms with van der Waals surface area (Å²) < 4.78 is 5.34. The summed E-state index contributed by atoms with van der Waals surface area (Å²) in [6.07, 6.45) is 2.96. The highest BCUT2D eigenvalue weighted by molar-refractivity contribution is 8.00. The van der Waals surface area contributed by atoms with Gasteiger partial charge in [-0.1, -0.05) is 36.4 Å². The fourth-order valence-electron chi connectivity index (χ4n) is 4.68. The zero-order valence-corrected chi connectivity index (χ0v) is 25.6. The second-order valence-electron chi connectivity index (χ2n) is 10.3. The summed E-state index contributed by atoms with van der Waals surface area (Å²) in [7, 11) is 0. The van der Waals surface area contributed by atoms with E-state index in [9.17, 15) is 19.2 Å². The SMILES string of the molecule is O=C(Nc1ccc(SC2CC(=O)N(c3ccc(N=Nc4ccccc4)cc3)C2=O)cc1)C(=Cc1ccco1)NC(=O)c1ccccc1. The van der Waals surface area contributed by atoms with Gasteiger partial charge in [0.2, 0.25) is 11.8 Å². The first-order valence-corrected chi connectivity index (χ1v) is 15.4. The van der Waals surface area contributed by atoms with E-state index in [-0.39, 0.29) is 23.9 Å². The van der Waals surface area contributed by atoms with Gasteiger partial charge in [-0.15, -0.1) is 11.8 Å². The van der Waals surface area contributed by atoms with Gasteiger partial charge >= 0.3 is 0 Å². The van der Waals surface area contributed by atoms with Crippen molar-refractivity contribution < 1.29 is 23.6 Å². The van der Waals surface area contributed by atoms with Crippen molar-refractivity contribution in [2.24, 2.45) is 10.2 Å². The monoisotopic (exact) mass is 641 g/mol. The molecule has 2 N–H and O–H groups in total. The van der Waals surface area contributed by atoms with Crippen molar-refractivity contribution in [1.82, 2.24) is 5.32 Å². The molecule has 0 aliphatic carbocycles. The third kappa shape index (κ3) is 7.78. The number of carbonyl (C=O) groups is 4. The summed E-state index contributed by atoms with van der Waals surface area (Å²) in [5.74, 6) is -1.20. The number of amides is 4. The molecule has 47 heavy (non-hydrogen) atoms. The lowest BCUT2D eigenvalue weighted by atomic mass is 10.2. The summed E-state index contributed by atoms with van der Waals surface area (Å²) in [6.45, 7) is 0. The maximum atomic E-state index is 13.3. The minimum atomic E-state index is -0.601. The smallest absolute Gasteiger partial charge is 0.272 e. The van der Waals surface area contributed by atoms with Crippen LogP contribution in [0.1, 0.15) is 22.5 Å². The van der Waals surface area contributed by atoms with E-state index < -0.39 is 17.1 Å². The van der Waals surface area contributed by atoms with Gasteiger partial charge in [-0.05, 0) is 84.9 Å². The highest BCUT2D eigenvalue weighted by Gasteiger charge is 2.40. The van der Waals surface area contributed by atoms with E-state index in [1.165, 1.54) is 29.0 Å². The fraction of sp³-hybridized carbons (Fsp3) is 0.0556. The quantitative estimate of drug-likeness (QED) is 0.0920. The Balaban J connectivity index is 1.08. The lowest BCUT2D eigenvalue weighted by Crippen LogP contribution is -2.31. The van der Waals surface area contributed by atoms with Crippen molar-refractivity contribution in [2.75, 3.05) is 10.2 Å². The molecule has 1 aromatic heterocycles. The van der Waals surface area contributed by atoms with Gasteiger partial charge in [0.15, 0.2) is 0 Å². The topological polar surface area (TPSA) is 133 Å².